The van der Waals surface area contributed by atoms with Gasteiger partial charge >= 0.3 is 5.97 Å². The highest BCUT2D eigenvalue weighted by atomic mass is 35.5. The van der Waals surface area contributed by atoms with Crippen molar-refractivity contribution in [1.82, 2.24) is 0 Å². The molecule has 0 aliphatic rings. The van der Waals surface area contributed by atoms with Crippen LogP contribution in [0.2, 0.25) is 0 Å². The summed E-state index contributed by atoms with van der Waals surface area (Å²) in [6.45, 7) is 1.82. The van der Waals surface area contributed by atoms with Gasteiger partial charge in [-0.05, 0) is 0 Å². The maximum absolute atomic E-state index is 10.9. The molecular formula is C8H12Cl2O2S. The van der Waals surface area contributed by atoms with Crippen LogP contribution in [-0.4, -0.2) is 24.6 Å². The van der Waals surface area contributed by atoms with Crippen LogP contribution in [-0.2, 0) is 9.53 Å². The summed E-state index contributed by atoms with van der Waals surface area (Å²) in [7, 11) is 1.38. The maximum Gasteiger partial charge on any atom is 0.309 e. The highest BCUT2D eigenvalue weighted by Crippen LogP contribution is 2.16. The van der Waals surface area contributed by atoms with Gasteiger partial charge in [0.1, 0.15) is 0 Å². The number of carbonyl (C=O) groups is 1. The van der Waals surface area contributed by atoms with Crippen LogP contribution in [0.1, 0.15) is 6.92 Å². The number of esters is 1. The van der Waals surface area contributed by atoms with Crippen molar-refractivity contribution in [2.45, 2.75) is 6.92 Å². The molecule has 76 valence electrons. The molecule has 0 aromatic carbocycles. The molecule has 0 amide bonds. The number of methoxy groups -OCH3 is 1. The number of rotatable bonds is 5. The summed E-state index contributed by atoms with van der Waals surface area (Å²) < 4.78 is 4.57. The largest absolute Gasteiger partial charge is 0.469 e. The summed E-state index contributed by atoms with van der Waals surface area (Å²) in [5, 5.41) is 0.587. The van der Waals surface area contributed by atoms with Gasteiger partial charge in [-0.25, -0.2) is 0 Å². The number of carbonyl (C=O) groups excluding carboxylic acids is 1. The lowest BCUT2D eigenvalue weighted by Gasteiger charge is -2.07. The average Bonchev–Trinajstić information content (AvgIpc) is 2.15. The van der Waals surface area contributed by atoms with Crippen LogP contribution in [0, 0.1) is 5.92 Å². The van der Waals surface area contributed by atoms with Crippen molar-refractivity contribution in [1.29, 1.82) is 0 Å². The maximum atomic E-state index is 10.9. The van der Waals surface area contributed by atoms with E-state index in [1.54, 1.807) is 11.8 Å². The Bertz CT molecular complexity index is 195. The second-order valence-corrected chi connectivity index (χ2v) is 4.23. The molecule has 0 radical (unpaired) electrons. The van der Waals surface area contributed by atoms with Gasteiger partial charge in [0.25, 0.3) is 0 Å². The molecule has 0 fully saturated rings. The first-order valence-electron chi connectivity index (χ1n) is 3.72. The van der Waals surface area contributed by atoms with Crippen molar-refractivity contribution >= 4 is 40.9 Å². The van der Waals surface area contributed by atoms with Crippen LogP contribution in [0.3, 0.4) is 0 Å². The van der Waals surface area contributed by atoms with E-state index in [1.807, 2.05) is 6.92 Å². The first-order chi connectivity index (χ1) is 6.11. The standard InChI is InChI=1S/C8H12Cl2O2S/c1-6(8(11)12-2)4-13-5-7(10)3-9/h3,6H,4-5H2,1-2H3. The lowest BCUT2D eigenvalue weighted by Crippen LogP contribution is -2.15. The molecule has 2 nitrogen and oxygen atoms in total. The molecule has 0 heterocycles. The predicted octanol–water partition coefficient (Wildman–Crippen LogP) is 2.85. The van der Waals surface area contributed by atoms with Crippen LogP contribution >= 0.6 is 35.0 Å². The molecule has 0 N–H and O–H groups in total. The molecule has 13 heavy (non-hydrogen) atoms. The normalized spacial score (nSPS) is 14.0. The lowest BCUT2D eigenvalue weighted by molar-refractivity contribution is -0.143. The number of hydrogen-bond donors (Lipinski definition) is 0. The van der Waals surface area contributed by atoms with Crippen molar-refractivity contribution in [3.8, 4) is 0 Å². The van der Waals surface area contributed by atoms with E-state index in [4.69, 9.17) is 23.2 Å². The van der Waals surface area contributed by atoms with Gasteiger partial charge < -0.3 is 4.74 Å². The highest BCUT2D eigenvalue weighted by molar-refractivity contribution is 7.99. The zero-order valence-corrected chi connectivity index (χ0v) is 9.88. The van der Waals surface area contributed by atoms with Crippen LogP contribution in [0.15, 0.2) is 10.6 Å². The summed E-state index contributed by atoms with van der Waals surface area (Å²) in [6, 6.07) is 0. The Morgan fingerprint density at radius 2 is 2.31 bits per heavy atom. The van der Waals surface area contributed by atoms with E-state index in [0.29, 0.717) is 16.5 Å². The van der Waals surface area contributed by atoms with Crippen molar-refractivity contribution in [2.75, 3.05) is 18.6 Å². The van der Waals surface area contributed by atoms with Gasteiger partial charge in [0.2, 0.25) is 0 Å². The predicted molar refractivity (Wildman–Crippen MR) is 58.3 cm³/mol. The van der Waals surface area contributed by atoms with Crippen molar-refractivity contribution in [3.63, 3.8) is 0 Å². The Kier molecular flexibility index (Phi) is 7.62. The summed E-state index contributed by atoms with van der Waals surface area (Å²) in [6.07, 6.45) is 0. The fourth-order valence-electron chi connectivity index (χ4n) is 0.634. The minimum Gasteiger partial charge on any atom is -0.469 e. The molecule has 0 saturated carbocycles. The minimum absolute atomic E-state index is 0.102. The highest BCUT2D eigenvalue weighted by Gasteiger charge is 2.12. The SMILES string of the molecule is COC(=O)C(C)CSCC(Cl)=CCl. The van der Waals surface area contributed by atoms with Gasteiger partial charge in [0.05, 0.1) is 13.0 Å². The Labute approximate surface area is 92.6 Å². The minimum atomic E-state index is -0.196. The number of halogens is 2. The van der Waals surface area contributed by atoms with E-state index in [2.05, 4.69) is 4.74 Å². The molecule has 0 aromatic rings. The fourth-order valence-corrected chi connectivity index (χ4v) is 1.92. The van der Waals surface area contributed by atoms with Gasteiger partial charge in [0, 0.05) is 22.1 Å². The molecule has 0 rings (SSSR count). The van der Waals surface area contributed by atoms with Crippen LogP contribution in [0.4, 0.5) is 0 Å². The number of ether oxygens (including phenoxy) is 1. The fraction of sp³-hybridized carbons (Fsp3) is 0.625. The molecule has 0 spiro atoms. The number of thioether (sulfide) groups is 1. The average molecular weight is 243 g/mol. The van der Waals surface area contributed by atoms with E-state index in [-0.39, 0.29) is 11.9 Å². The summed E-state index contributed by atoms with van der Waals surface area (Å²) in [4.78, 5) is 10.9. The van der Waals surface area contributed by atoms with Crippen molar-refractivity contribution < 1.29 is 9.53 Å². The molecular weight excluding hydrogens is 231 g/mol. The Balaban J connectivity index is 3.59. The molecule has 5 heteroatoms. The molecule has 0 aliphatic heterocycles. The third-order valence-electron chi connectivity index (χ3n) is 1.33. The zero-order chi connectivity index (χ0) is 10.3. The van der Waals surface area contributed by atoms with Crippen molar-refractivity contribution in [2.24, 2.45) is 5.92 Å². The first-order valence-corrected chi connectivity index (χ1v) is 5.69. The first kappa shape index (κ1) is 13.1. The second kappa shape index (κ2) is 7.54. The van der Waals surface area contributed by atoms with E-state index in [9.17, 15) is 4.79 Å². The Morgan fingerprint density at radius 3 is 2.77 bits per heavy atom. The third-order valence-corrected chi connectivity index (χ3v) is 3.36. The van der Waals surface area contributed by atoms with E-state index < -0.39 is 0 Å². The summed E-state index contributed by atoms with van der Waals surface area (Å²) in [5.41, 5.74) is 1.33. The molecule has 0 aliphatic carbocycles. The molecule has 1 unspecified atom stereocenters. The van der Waals surface area contributed by atoms with E-state index in [0.717, 1.165) is 0 Å². The molecule has 0 aromatic heterocycles. The van der Waals surface area contributed by atoms with Crippen molar-refractivity contribution in [3.05, 3.63) is 10.6 Å². The Hall–Kier alpha value is 0.140. The quantitative estimate of drug-likeness (QED) is 0.694. The zero-order valence-electron chi connectivity index (χ0n) is 7.55. The van der Waals surface area contributed by atoms with Gasteiger partial charge in [-0.3, -0.25) is 4.79 Å². The van der Waals surface area contributed by atoms with Gasteiger partial charge in [-0.15, -0.1) is 0 Å². The summed E-state index contributed by atoms with van der Waals surface area (Å²) >= 11 is 12.6. The third kappa shape index (κ3) is 6.24. The smallest absolute Gasteiger partial charge is 0.309 e. The Morgan fingerprint density at radius 1 is 1.69 bits per heavy atom. The topological polar surface area (TPSA) is 26.3 Å². The number of hydrogen-bond acceptors (Lipinski definition) is 3. The van der Waals surface area contributed by atoms with E-state index in [1.165, 1.54) is 12.6 Å². The van der Waals surface area contributed by atoms with Gasteiger partial charge in [-0.2, -0.15) is 11.8 Å². The lowest BCUT2D eigenvalue weighted by atomic mass is 10.2. The van der Waals surface area contributed by atoms with Gasteiger partial charge in [-0.1, -0.05) is 30.1 Å². The monoisotopic (exact) mass is 242 g/mol. The summed E-state index contributed by atoms with van der Waals surface area (Å²) in [5.74, 6) is 1.02. The van der Waals surface area contributed by atoms with Crippen LogP contribution < -0.4 is 0 Å². The van der Waals surface area contributed by atoms with Crippen LogP contribution in [0.5, 0.6) is 0 Å². The van der Waals surface area contributed by atoms with E-state index >= 15 is 0 Å². The molecule has 1 atom stereocenters. The molecule has 0 bridgehead atoms. The van der Waals surface area contributed by atoms with Gasteiger partial charge in [0.15, 0.2) is 0 Å². The molecule has 0 saturated heterocycles. The second-order valence-electron chi connectivity index (χ2n) is 2.50. The van der Waals surface area contributed by atoms with Crippen LogP contribution in [0.25, 0.3) is 0 Å².